The van der Waals surface area contributed by atoms with Gasteiger partial charge in [0.05, 0.1) is 6.42 Å². The van der Waals surface area contributed by atoms with Gasteiger partial charge in [0, 0.05) is 12.7 Å². The molecule has 2 aliphatic rings. The number of aliphatic imine (C=N–C) groups is 1. The molecule has 114 valence electrons. The Kier molecular flexibility index (Phi) is 4.30. The van der Waals surface area contributed by atoms with Gasteiger partial charge in [-0.2, -0.15) is 4.99 Å². The van der Waals surface area contributed by atoms with Gasteiger partial charge in [-0.25, -0.2) is 0 Å². The van der Waals surface area contributed by atoms with Crippen LogP contribution in [0.2, 0.25) is 0 Å². The molecule has 1 atom stereocenters. The van der Waals surface area contributed by atoms with Crippen LogP contribution in [0, 0.1) is 5.92 Å². The second kappa shape index (κ2) is 5.84. The molecule has 1 unspecified atom stereocenters. The fourth-order valence-corrected chi connectivity index (χ4v) is 2.54. The first-order valence-electron chi connectivity index (χ1n) is 7.39. The van der Waals surface area contributed by atoms with Crippen LogP contribution in [0.5, 0.6) is 0 Å². The molecule has 0 fully saturated rings. The number of amides is 2. The molecule has 21 heavy (non-hydrogen) atoms. The molecule has 0 spiro atoms. The number of hydrogen-bond acceptors (Lipinski definition) is 3. The quantitative estimate of drug-likeness (QED) is 0.861. The lowest BCUT2D eigenvalue weighted by Crippen LogP contribution is -2.60. The Morgan fingerprint density at radius 3 is 2.90 bits per heavy atom. The van der Waals surface area contributed by atoms with E-state index in [0.29, 0.717) is 18.3 Å². The highest BCUT2D eigenvalue weighted by molar-refractivity contribution is 6.11. The first-order chi connectivity index (χ1) is 9.84. The summed E-state index contributed by atoms with van der Waals surface area (Å²) in [4.78, 5) is 30.4. The lowest BCUT2D eigenvalue weighted by molar-refractivity contribution is -0.134. The van der Waals surface area contributed by atoms with Gasteiger partial charge in [-0.05, 0) is 37.8 Å². The summed E-state index contributed by atoms with van der Waals surface area (Å²) in [6.45, 7) is 8.55. The minimum absolute atomic E-state index is 0.0988. The average Bonchev–Trinajstić information content (AvgIpc) is 2.39. The number of nitrogens with one attached hydrogen (secondary N) is 1. The van der Waals surface area contributed by atoms with Crippen LogP contribution >= 0.6 is 0 Å². The molecule has 5 heteroatoms. The van der Waals surface area contributed by atoms with E-state index in [1.807, 2.05) is 30.2 Å². The zero-order chi connectivity index (χ0) is 15.6. The van der Waals surface area contributed by atoms with E-state index in [4.69, 9.17) is 0 Å². The van der Waals surface area contributed by atoms with Gasteiger partial charge in [0.15, 0.2) is 0 Å². The zero-order valence-electron chi connectivity index (χ0n) is 13.1. The minimum atomic E-state index is -0.906. The molecule has 0 aromatic carbocycles. The molecule has 1 N–H and O–H groups in total. The molecule has 2 rings (SSSR count). The van der Waals surface area contributed by atoms with Gasteiger partial charge in [-0.3, -0.25) is 9.59 Å². The Hall–Kier alpha value is -1.91. The second-order valence-corrected chi connectivity index (χ2v) is 6.28. The average molecular weight is 289 g/mol. The van der Waals surface area contributed by atoms with Gasteiger partial charge in [-0.1, -0.05) is 19.9 Å². The van der Waals surface area contributed by atoms with Gasteiger partial charge < -0.3 is 10.2 Å². The van der Waals surface area contributed by atoms with Crippen LogP contribution in [0.4, 0.5) is 0 Å². The number of carbonyl (C=O) groups is 2. The van der Waals surface area contributed by atoms with Crippen molar-refractivity contribution in [1.29, 1.82) is 0 Å². The summed E-state index contributed by atoms with van der Waals surface area (Å²) in [5.74, 6) is 0.743. The maximum Gasteiger partial charge on any atom is 0.250 e. The number of carbonyl (C=O) groups excluding carboxylic acids is 2. The van der Waals surface area contributed by atoms with E-state index in [2.05, 4.69) is 24.2 Å². The summed E-state index contributed by atoms with van der Waals surface area (Å²) >= 11 is 0. The lowest BCUT2D eigenvalue weighted by atomic mass is 9.90. The van der Waals surface area contributed by atoms with E-state index < -0.39 is 5.54 Å². The molecule has 5 nitrogen and oxygen atoms in total. The Morgan fingerprint density at radius 2 is 2.24 bits per heavy atom. The van der Waals surface area contributed by atoms with Crippen molar-refractivity contribution in [1.82, 2.24) is 10.2 Å². The van der Waals surface area contributed by atoms with Crippen LogP contribution in [-0.2, 0) is 9.59 Å². The monoisotopic (exact) mass is 289 g/mol. The first kappa shape index (κ1) is 15.5. The van der Waals surface area contributed by atoms with Crippen LogP contribution in [0.15, 0.2) is 28.9 Å². The van der Waals surface area contributed by atoms with Crippen molar-refractivity contribution >= 4 is 17.6 Å². The van der Waals surface area contributed by atoms with Crippen molar-refractivity contribution in [3.8, 4) is 0 Å². The van der Waals surface area contributed by atoms with Gasteiger partial charge in [0.1, 0.15) is 11.4 Å². The molecule has 0 bridgehead atoms. The summed E-state index contributed by atoms with van der Waals surface area (Å²) in [6.07, 6.45) is 6.61. The molecular weight excluding hydrogens is 266 g/mol. The number of allylic oxidation sites excluding steroid dienone is 2. The van der Waals surface area contributed by atoms with Gasteiger partial charge in [-0.15, -0.1) is 0 Å². The predicted molar refractivity (Wildman–Crippen MR) is 82.7 cm³/mol. The standard InChI is InChI=1S/C16H23N3O2/c1-11(2)7-8-17-15(21)16(4)10-13(20)18-14-12(3)6-5-9-19(14)16/h5-6,9,11H,7-8,10H2,1-4H3,(H,17,21). The van der Waals surface area contributed by atoms with E-state index in [1.165, 1.54) is 0 Å². The molecule has 2 heterocycles. The maximum atomic E-state index is 12.6. The Bertz CT molecular complexity index is 546. The van der Waals surface area contributed by atoms with Gasteiger partial charge in [0.2, 0.25) is 5.91 Å². The summed E-state index contributed by atoms with van der Waals surface area (Å²) in [6, 6.07) is 0. The number of nitrogens with zero attached hydrogens (tertiary/aromatic N) is 2. The summed E-state index contributed by atoms with van der Waals surface area (Å²) in [5, 5.41) is 2.95. The summed E-state index contributed by atoms with van der Waals surface area (Å²) in [7, 11) is 0. The second-order valence-electron chi connectivity index (χ2n) is 6.28. The van der Waals surface area contributed by atoms with Gasteiger partial charge in [0.25, 0.3) is 5.91 Å². The van der Waals surface area contributed by atoms with E-state index in [1.54, 1.807) is 6.92 Å². The molecule has 0 aliphatic carbocycles. The summed E-state index contributed by atoms with van der Waals surface area (Å²) < 4.78 is 0. The summed E-state index contributed by atoms with van der Waals surface area (Å²) in [5.41, 5.74) is -0.0104. The molecular formula is C16H23N3O2. The molecule has 2 aliphatic heterocycles. The third-order valence-electron chi connectivity index (χ3n) is 3.92. The largest absolute Gasteiger partial charge is 0.354 e. The fourth-order valence-electron chi connectivity index (χ4n) is 2.54. The molecule has 0 aromatic heterocycles. The van der Waals surface area contributed by atoms with Crippen LogP contribution in [0.3, 0.4) is 0 Å². The van der Waals surface area contributed by atoms with Crippen LogP contribution in [0.25, 0.3) is 0 Å². The predicted octanol–water partition coefficient (Wildman–Crippen LogP) is 2.01. The third kappa shape index (κ3) is 3.06. The van der Waals surface area contributed by atoms with Crippen LogP contribution in [-0.4, -0.2) is 34.6 Å². The number of amidine groups is 1. The highest BCUT2D eigenvalue weighted by atomic mass is 16.2. The van der Waals surface area contributed by atoms with E-state index in [-0.39, 0.29) is 18.2 Å². The molecule has 0 aromatic rings. The van der Waals surface area contributed by atoms with E-state index >= 15 is 0 Å². The van der Waals surface area contributed by atoms with Crippen LogP contribution in [0.1, 0.15) is 40.5 Å². The Morgan fingerprint density at radius 1 is 1.52 bits per heavy atom. The first-order valence-corrected chi connectivity index (χ1v) is 7.39. The highest BCUT2D eigenvalue weighted by Gasteiger charge is 2.45. The van der Waals surface area contributed by atoms with Crippen molar-refractivity contribution in [3.63, 3.8) is 0 Å². The maximum absolute atomic E-state index is 12.6. The van der Waals surface area contributed by atoms with Crippen molar-refractivity contribution in [2.45, 2.75) is 46.1 Å². The fraction of sp³-hybridized carbons (Fsp3) is 0.562. The molecule has 0 radical (unpaired) electrons. The number of fused-ring (bicyclic) bond motifs is 1. The highest BCUT2D eigenvalue weighted by Crippen LogP contribution is 2.30. The number of rotatable bonds is 4. The zero-order valence-corrected chi connectivity index (χ0v) is 13.1. The SMILES string of the molecule is CC1=CC=CN2C1=NC(=O)CC2(C)C(=O)NCCC(C)C. The topological polar surface area (TPSA) is 61.8 Å². The lowest BCUT2D eigenvalue weighted by Gasteiger charge is -2.42. The van der Waals surface area contributed by atoms with Crippen LogP contribution < -0.4 is 5.32 Å². The Labute approximate surface area is 125 Å². The molecule has 0 saturated carbocycles. The Balaban J connectivity index is 2.19. The van der Waals surface area contributed by atoms with E-state index in [9.17, 15) is 9.59 Å². The minimum Gasteiger partial charge on any atom is -0.354 e. The van der Waals surface area contributed by atoms with E-state index in [0.717, 1.165) is 12.0 Å². The smallest absolute Gasteiger partial charge is 0.250 e. The molecule has 2 amide bonds. The van der Waals surface area contributed by atoms with Crippen molar-refractivity contribution in [2.24, 2.45) is 10.9 Å². The van der Waals surface area contributed by atoms with Gasteiger partial charge >= 0.3 is 0 Å². The van der Waals surface area contributed by atoms with Crippen molar-refractivity contribution < 1.29 is 9.59 Å². The third-order valence-corrected chi connectivity index (χ3v) is 3.92. The number of hydrogen-bond donors (Lipinski definition) is 1. The molecule has 0 saturated heterocycles. The van der Waals surface area contributed by atoms with Crippen molar-refractivity contribution in [3.05, 3.63) is 23.9 Å². The van der Waals surface area contributed by atoms with Crippen molar-refractivity contribution in [2.75, 3.05) is 6.54 Å². The normalized spacial score (nSPS) is 24.6.